The van der Waals surface area contributed by atoms with Gasteiger partial charge in [-0.25, -0.2) is 4.98 Å². The minimum Gasteiger partial charge on any atom is -0.349 e. The first-order chi connectivity index (χ1) is 10.8. The Morgan fingerprint density at radius 2 is 2.09 bits per heavy atom. The van der Waals surface area contributed by atoms with E-state index < -0.39 is 0 Å². The van der Waals surface area contributed by atoms with Crippen molar-refractivity contribution in [2.24, 2.45) is 0 Å². The Labute approximate surface area is 137 Å². The molecule has 0 saturated carbocycles. The molecular weight excluding hydrogens is 290 g/mol. The van der Waals surface area contributed by atoms with E-state index in [-0.39, 0.29) is 0 Å². The Hall–Kier alpha value is -1.39. The fourth-order valence-corrected chi connectivity index (χ4v) is 4.20. The lowest BCUT2D eigenvalue weighted by Crippen LogP contribution is -2.24. The first-order valence-electron chi connectivity index (χ1n) is 8.32. The van der Waals surface area contributed by atoms with Crippen molar-refractivity contribution in [1.29, 1.82) is 0 Å². The fraction of sp³-hybridized carbons (Fsp3) is 0.500. The molecule has 3 nitrogen and oxygen atoms in total. The number of aryl methyl sites for hydroxylation is 1. The molecule has 0 spiro atoms. The van der Waals surface area contributed by atoms with Crippen molar-refractivity contribution in [2.75, 3.05) is 18.0 Å². The van der Waals surface area contributed by atoms with Crippen LogP contribution in [0.2, 0.25) is 0 Å². The van der Waals surface area contributed by atoms with Crippen LogP contribution in [0, 0.1) is 0 Å². The van der Waals surface area contributed by atoms with E-state index in [2.05, 4.69) is 53.3 Å². The molecule has 1 unspecified atom stereocenters. The number of fused-ring (bicyclic) bond motifs is 1. The molecule has 3 rings (SSSR count). The average molecular weight is 315 g/mol. The Morgan fingerprint density at radius 3 is 2.91 bits per heavy atom. The molecule has 4 heteroatoms. The van der Waals surface area contributed by atoms with Gasteiger partial charge in [0, 0.05) is 36.8 Å². The van der Waals surface area contributed by atoms with Gasteiger partial charge in [0.15, 0.2) is 5.13 Å². The number of thiazole rings is 1. The van der Waals surface area contributed by atoms with Gasteiger partial charge < -0.3 is 10.2 Å². The molecule has 0 saturated heterocycles. The second-order valence-electron chi connectivity index (χ2n) is 5.81. The van der Waals surface area contributed by atoms with Crippen molar-refractivity contribution < 1.29 is 0 Å². The number of rotatable bonds is 6. The third-order valence-corrected chi connectivity index (χ3v) is 5.53. The molecule has 0 amide bonds. The number of hydrogen-bond donors (Lipinski definition) is 1. The van der Waals surface area contributed by atoms with Crippen LogP contribution in [-0.2, 0) is 13.0 Å². The van der Waals surface area contributed by atoms with Gasteiger partial charge in [-0.1, -0.05) is 24.3 Å². The summed E-state index contributed by atoms with van der Waals surface area (Å²) in [6, 6.07) is 9.35. The van der Waals surface area contributed by atoms with Gasteiger partial charge in [-0.15, -0.1) is 11.3 Å². The monoisotopic (exact) mass is 315 g/mol. The minimum atomic E-state index is 0.490. The summed E-state index contributed by atoms with van der Waals surface area (Å²) < 4.78 is 0. The van der Waals surface area contributed by atoms with Crippen LogP contribution in [0.15, 0.2) is 30.5 Å². The second kappa shape index (κ2) is 7.25. The number of aromatic nitrogens is 1. The zero-order chi connectivity index (χ0) is 15.4. The van der Waals surface area contributed by atoms with Crippen LogP contribution in [-0.4, -0.2) is 18.1 Å². The third-order valence-electron chi connectivity index (χ3n) is 4.47. The average Bonchev–Trinajstić information content (AvgIpc) is 3.03. The van der Waals surface area contributed by atoms with Crippen molar-refractivity contribution in [2.45, 2.75) is 45.7 Å². The van der Waals surface area contributed by atoms with Gasteiger partial charge in [-0.2, -0.15) is 0 Å². The molecule has 2 aromatic rings. The number of nitrogens with one attached hydrogen (secondary N) is 1. The second-order valence-corrected chi connectivity index (χ2v) is 6.90. The van der Waals surface area contributed by atoms with Crippen LogP contribution in [0.25, 0.3) is 0 Å². The first-order valence-corrected chi connectivity index (χ1v) is 9.14. The molecule has 118 valence electrons. The number of nitrogens with zero attached hydrogens (tertiary/aromatic N) is 2. The highest BCUT2D eigenvalue weighted by Gasteiger charge is 2.19. The van der Waals surface area contributed by atoms with Crippen LogP contribution >= 0.6 is 11.3 Å². The molecule has 1 aliphatic carbocycles. The van der Waals surface area contributed by atoms with Crippen LogP contribution in [0.1, 0.15) is 48.7 Å². The predicted molar refractivity (Wildman–Crippen MR) is 94.6 cm³/mol. The summed E-state index contributed by atoms with van der Waals surface area (Å²) in [5.74, 6) is 0. The summed E-state index contributed by atoms with van der Waals surface area (Å²) in [5.41, 5.74) is 3.00. The lowest BCUT2D eigenvalue weighted by atomic mass is 9.88. The molecule has 0 aliphatic heterocycles. The van der Waals surface area contributed by atoms with Gasteiger partial charge in [0.05, 0.1) is 0 Å². The molecule has 0 radical (unpaired) electrons. The van der Waals surface area contributed by atoms with E-state index in [9.17, 15) is 0 Å². The van der Waals surface area contributed by atoms with Crippen molar-refractivity contribution in [1.82, 2.24) is 10.3 Å². The topological polar surface area (TPSA) is 28.2 Å². The number of hydrogen-bond acceptors (Lipinski definition) is 4. The highest BCUT2D eigenvalue weighted by atomic mass is 32.1. The van der Waals surface area contributed by atoms with Crippen molar-refractivity contribution >= 4 is 16.5 Å². The fourth-order valence-electron chi connectivity index (χ4n) is 3.21. The molecule has 1 heterocycles. The van der Waals surface area contributed by atoms with Crippen LogP contribution in [0.4, 0.5) is 5.13 Å². The highest BCUT2D eigenvalue weighted by Crippen LogP contribution is 2.30. The maximum Gasteiger partial charge on any atom is 0.185 e. The molecule has 1 aromatic heterocycles. The van der Waals surface area contributed by atoms with Gasteiger partial charge in [0.1, 0.15) is 0 Å². The van der Waals surface area contributed by atoms with Crippen molar-refractivity contribution in [3.05, 3.63) is 46.5 Å². The minimum absolute atomic E-state index is 0.490. The van der Waals surface area contributed by atoms with Crippen molar-refractivity contribution in [3.63, 3.8) is 0 Å². The van der Waals surface area contributed by atoms with Gasteiger partial charge >= 0.3 is 0 Å². The Kier molecular flexibility index (Phi) is 5.11. The summed E-state index contributed by atoms with van der Waals surface area (Å²) in [7, 11) is 0. The molecule has 0 bridgehead atoms. The van der Waals surface area contributed by atoms with E-state index in [1.54, 1.807) is 0 Å². The van der Waals surface area contributed by atoms with E-state index in [1.165, 1.54) is 35.3 Å². The van der Waals surface area contributed by atoms with E-state index >= 15 is 0 Å². The predicted octanol–water partition coefficient (Wildman–Crippen LogP) is 4.16. The molecule has 0 fully saturated rings. The summed E-state index contributed by atoms with van der Waals surface area (Å²) in [6.07, 6.45) is 5.77. The molecular formula is C18H25N3S. The van der Waals surface area contributed by atoms with Crippen LogP contribution in [0.3, 0.4) is 0 Å². The zero-order valence-electron chi connectivity index (χ0n) is 13.5. The van der Waals surface area contributed by atoms with Crippen LogP contribution in [0.5, 0.6) is 0 Å². The Bertz CT molecular complexity index is 604. The standard InChI is InChI=1S/C18H25N3S/c1-3-21(4-2)18-20-13-15(22-18)12-19-17-11-7-9-14-8-5-6-10-16(14)17/h5-6,8,10,13,17,19H,3-4,7,9,11-12H2,1-2H3. The number of benzene rings is 1. The zero-order valence-corrected chi connectivity index (χ0v) is 14.3. The lowest BCUT2D eigenvalue weighted by Gasteiger charge is -2.26. The van der Waals surface area contributed by atoms with E-state index in [4.69, 9.17) is 0 Å². The molecule has 22 heavy (non-hydrogen) atoms. The largest absolute Gasteiger partial charge is 0.349 e. The van der Waals surface area contributed by atoms with Crippen LogP contribution < -0.4 is 10.2 Å². The summed E-state index contributed by atoms with van der Waals surface area (Å²) in [5, 5.41) is 4.88. The molecule has 1 aromatic carbocycles. The SMILES string of the molecule is CCN(CC)c1ncc(CNC2CCCc3ccccc32)s1. The van der Waals surface area contributed by atoms with Gasteiger partial charge in [-0.05, 0) is 44.2 Å². The molecule has 1 aliphatic rings. The Morgan fingerprint density at radius 1 is 1.27 bits per heavy atom. The molecule has 1 N–H and O–H groups in total. The first kappa shape index (κ1) is 15.5. The summed E-state index contributed by atoms with van der Waals surface area (Å²) in [6.45, 7) is 7.32. The third kappa shape index (κ3) is 3.33. The summed E-state index contributed by atoms with van der Waals surface area (Å²) >= 11 is 1.81. The number of anilines is 1. The van der Waals surface area contributed by atoms with E-state index in [0.717, 1.165) is 24.8 Å². The van der Waals surface area contributed by atoms with Gasteiger partial charge in [-0.3, -0.25) is 0 Å². The lowest BCUT2D eigenvalue weighted by molar-refractivity contribution is 0.461. The normalized spacial score (nSPS) is 17.3. The van der Waals surface area contributed by atoms with E-state index in [0.29, 0.717) is 6.04 Å². The highest BCUT2D eigenvalue weighted by molar-refractivity contribution is 7.15. The molecule has 1 atom stereocenters. The quantitative estimate of drug-likeness (QED) is 0.867. The van der Waals surface area contributed by atoms with E-state index in [1.807, 2.05) is 17.5 Å². The smallest absolute Gasteiger partial charge is 0.185 e. The van der Waals surface area contributed by atoms with Gasteiger partial charge in [0.2, 0.25) is 0 Å². The van der Waals surface area contributed by atoms with Crippen molar-refractivity contribution in [3.8, 4) is 0 Å². The maximum absolute atomic E-state index is 4.57. The summed E-state index contributed by atoms with van der Waals surface area (Å²) in [4.78, 5) is 8.20. The Balaban J connectivity index is 1.64. The maximum atomic E-state index is 4.57. The van der Waals surface area contributed by atoms with Gasteiger partial charge in [0.25, 0.3) is 0 Å².